The maximum Gasteiger partial charge on any atom is 0.232 e. The molecule has 0 aliphatic carbocycles. The van der Waals surface area contributed by atoms with Crippen LogP contribution < -0.4 is 10.5 Å². The van der Waals surface area contributed by atoms with Crippen molar-refractivity contribution >= 4 is 21.4 Å². The average molecular weight is 284 g/mol. The highest BCUT2D eigenvalue weighted by molar-refractivity contribution is 7.92. The van der Waals surface area contributed by atoms with Crippen molar-refractivity contribution < 1.29 is 8.42 Å². The van der Waals surface area contributed by atoms with Crippen molar-refractivity contribution in [2.24, 2.45) is 5.41 Å². The fourth-order valence-corrected chi connectivity index (χ4v) is 3.18. The third-order valence-electron chi connectivity index (χ3n) is 3.00. The highest BCUT2D eigenvalue weighted by Gasteiger charge is 2.18. The van der Waals surface area contributed by atoms with Gasteiger partial charge < -0.3 is 5.73 Å². The molecule has 1 aromatic carbocycles. The number of aryl methyl sites for hydroxylation is 2. The van der Waals surface area contributed by atoms with Crippen molar-refractivity contribution in [2.45, 2.75) is 41.0 Å². The summed E-state index contributed by atoms with van der Waals surface area (Å²) >= 11 is 0. The number of nitrogens with one attached hydrogen (secondary N) is 1. The summed E-state index contributed by atoms with van der Waals surface area (Å²) in [5, 5.41) is 0. The highest BCUT2D eigenvalue weighted by Crippen LogP contribution is 2.24. The van der Waals surface area contributed by atoms with Crippen LogP contribution in [-0.2, 0) is 10.0 Å². The Hall–Kier alpha value is -1.23. The van der Waals surface area contributed by atoms with Gasteiger partial charge in [0.15, 0.2) is 0 Å². The van der Waals surface area contributed by atoms with E-state index in [0.29, 0.717) is 17.8 Å². The van der Waals surface area contributed by atoms with Crippen LogP contribution in [-0.4, -0.2) is 14.2 Å². The molecule has 0 amide bonds. The van der Waals surface area contributed by atoms with Crippen molar-refractivity contribution in [2.75, 3.05) is 16.2 Å². The van der Waals surface area contributed by atoms with Crippen LogP contribution in [0, 0.1) is 19.3 Å². The van der Waals surface area contributed by atoms with Crippen molar-refractivity contribution in [3.8, 4) is 0 Å². The third kappa shape index (κ3) is 5.11. The van der Waals surface area contributed by atoms with Crippen LogP contribution in [0.15, 0.2) is 12.1 Å². The zero-order chi connectivity index (χ0) is 14.8. The Bertz CT molecular complexity index is 558. The van der Waals surface area contributed by atoms with Gasteiger partial charge in [-0.2, -0.15) is 0 Å². The minimum atomic E-state index is -3.33. The van der Waals surface area contributed by atoms with Gasteiger partial charge in [-0.05, 0) is 42.9 Å². The first-order chi connectivity index (χ1) is 8.50. The van der Waals surface area contributed by atoms with E-state index < -0.39 is 10.0 Å². The molecule has 0 aromatic heterocycles. The average Bonchev–Trinajstić information content (AvgIpc) is 2.22. The zero-order valence-corrected chi connectivity index (χ0v) is 13.2. The fraction of sp³-hybridized carbons (Fsp3) is 0.571. The zero-order valence-electron chi connectivity index (χ0n) is 12.4. The summed E-state index contributed by atoms with van der Waals surface area (Å²) in [5.74, 6) is 0.115. The molecule has 0 spiro atoms. The van der Waals surface area contributed by atoms with Crippen molar-refractivity contribution in [3.63, 3.8) is 0 Å². The van der Waals surface area contributed by atoms with E-state index in [9.17, 15) is 8.42 Å². The Kier molecular flexibility index (Phi) is 4.50. The predicted molar refractivity (Wildman–Crippen MR) is 81.8 cm³/mol. The lowest BCUT2D eigenvalue weighted by Crippen LogP contribution is -2.21. The predicted octanol–water partition coefficient (Wildman–Crippen LogP) is 3.06. The van der Waals surface area contributed by atoms with Crippen molar-refractivity contribution in [1.82, 2.24) is 0 Å². The van der Waals surface area contributed by atoms with Crippen molar-refractivity contribution in [1.29, 1.82) is 0 Å². The van der Waals surface area contributed by atoms with Gasteiger partial charge in [0.25, 0.3) is 0 Å². The number of benzene rings is 1. The summed E-state index contributed by atoms with van der Waals surface area (Å²) < 4.78 is 26.7. The Morgan fingerprint density at radius 1 is 1.16 bits per heavy atom. The quantitative estimate of drug-likeness (QED) is 0.835. The van der Waals surface area contributed by atoms with Crippen LogP contribution in [0.5, 0.6) is 0 Å². The van der Waals surface area contributed by atoms with Crippen LogP contribution >= 0.6 is 0 Å². The smallest absolute Gasteiger partial charge is 0.232 e. The molecule has 0 aliphatic heterocycles. The van der Waals surface area contributed by atoms with E-state index in [1.54, 1.807) is 6.07 Å². The number of hydrogen-bond donors (Lipinski definition) is 2. The van der Waals surface area contributed by atoms with Crippen LogP contribution in [0.2, 0.25) is 0 Å². The summed E-state index contributed by atoms with van der Waals surface area (Å²) in [6, 6.07) is 3.57. The number of nitrogens with two attached hydrogens (primary N) is 1. The van der Waals surface area contributed by atoms with E-state index >= 15 is 0 Å². The van der Waals surface area contributed by atoms with Gasteiger partial charge in [-0.25, -0.2) is 8.42 Å². The lowest BCUT2D eigenvalue weighted by molar-refractivity contribution is 0.397. The number of sulfonamides is 1. The largest absolute Gasteiger partial charge is 0.398 e. The summed E-state index contributed by atoms with van der Waals surface area (Å²) in [7, 11) is -3.33. The highest BCUT2D eigenvalue weighted by atomic mass is 32.2. The first-order valence-electron chi connectivity index (χ1n) is 6.37. The van der Waals surface area contributed by atoms with Gasteiger partial charge in [-0.1, -0.05) is 26.8 Å². The van der Waals surface area contributed by atoms with Gasteiger partial charge in [0, 0.05) is 5.69 Å². The number of anilines is 2. The molecule has 4 nitrogen and oxygen atoms in total. The minimum Gasteiger partial charge on any atom is -0.398 e. The molecule has 0 heterocycles. The molecule has 1 rings (SSSR count). The van der Waals surface area contributed by atoms with Gasteiger partial charge in [-0.15, -0.1) is 0 Å². The van der Waals surface area contributed by atoms with Gasteiger partial charge >= 0.3 is 0 Å². The molecule has 5 heteroatoms. The monoisotopic (exact) mass is 284 g/mol. The van der Waals surface area contributed by atoms with E-state index in [2.05, 4.69) is 4.72 Å². The Morgan fingerprint density at radius 3 is 2.26 bits per heavy atom. The SMILES string of the molecule is Cc1cc(C)c(NS(=O)(=O)CCC(C)(C)C)cc1N. The van der Waals surface area contributed by atoms with Crippen molar-refractivity contribution in [3.05, 3.63) is 23.3 Å². The molecular weight excluding hydrogens is 260 g/mol. The normalized spacial score (nSPS) is 12.5. The molecule has 3 N–H and O–H groups in total. The molecule has 0 bridgehead atoms. The summed E-state index contributed by atoms with van der Waals surface area (Å²) in [5.41, 5.74) is 8.81. The second-order valence-corrected chi connectivity index (χ2v) is 8.10. The molecule has 0 aliphatic rings. The van der Waals surface area contributed by atoms with E-state index in [1.165, 1.54) is 0 Å². The lowest BCUT2D eigenvalue weighted by atomic mass is 9.94. The molecular formula is C14H24N2O2S. The standard InChI is InChI=1S/C14H24N2O2S/c1-10-8-11(2)13(9-12(10)15)16-19(17,18)7-6-14(3,4)5/h8-9,16H,6-7,15H2,1-5H3. The molecule has 0 fully saturated rings. The molecule has 0 saturated heterocycles. The van der Waals surface area contributed by atoms with E-state index in [4.69, 9.17) is 5.73 Å². The number of nitrogen functional groups attached to an aromatic ring is 1. The van der Waals surface area contributed by atoms with E-state index in [1.807, 2.05) is 40.7 Å². The topological polar surface area (TPSA) is 72.2 Å². The van der Waals surface area contributed by atoms with Gasteiger partial charge in [0.2, 0.25) is 10.0 Å². The van der Waals surface area contributed by atoms with E-state index in [-0.39, 0.29) is 11.2 Å². The Labute approximate surface area is 116 Å². The maximum atomic E-state index is 12.0. The molecule has 19 heavy (non-hydrogen) atoms. The van der Waals surface area contributed by atoms with E-state index in [0.717, 1.165) is 11.1 Å². The fourth-order valence-electron chi connectivity index (χ4n) is 1.64. The first kappa shape index (κ1) is 15.8. The van der Waals surface area contributed by atoms with Crippen LogP contribution in [0.1, 0.15) is 38.3 Å². The molecule has 1 aromatic rings. The van der Waals surface area contributed by atoms with Gasteiger partial charge in [0.05, 0.1) is 11.4 Å². The number of rotatable bonds is 4. The minimum absolute atomic E-state index is 0.00387. The molecule has 0 radical (unpaired) electrons. The lowest BCUT2D eigenvalue weighted by Gasteiger charge is -2.19. The number of hydrogen-bond acceptors (Lipinski definition) is 3. The second-order valence-electron chi connectivity index (χ2n) is 6.26. The second kappa shape index (κ2) is 5.41. The van der Waals surface area contributed by atoms with Gasteiger partial charge in [0.1, 0.15) is 0 Å². The summed E-state index contributed by atoms with van der Waals surface area (Å²) in [6.45, 7) is 9.85. The molecule has 0 saturated carbocycles. The molecule has 0 unspecified atom stereocenters. The first-order valence-corrected chi connectivity index (χ1v) is 8.03. The maximum absolute atomic E-state index is 12.0. The van der Waals surface area contributed by atoms with Crippen LogP contribution in [0.4, 0.5) is 11.4 Å². The molecule has 0 atom stereocenters. The van der Waals surface area contributed by atoms with Crippen LogP contribution in [0.25, 0.3) is 0 Å². The third-order valence-corrected chi connectivity index (χ3v) is 4.27. The summed E-state index contributed by atoms with van der Waals surface area (Å²) in [6.07, 6.45) is 0.614. The van der Waals surface area contributed by atoms with Crippen LogP contribution in [0.3, 0.4) is 0 Å². The summed E-state index contributed by atoms with van der Waals surface area (Å²) in [4.78, 5) is 0. The Morgan fingerprint density at radius 2 is 1.74 bits per heavy atom. The molecule has 108 valence electrons. The van der Waals surface area contributed by atoms with Gasteiger partial charge in [-0.3, -0.25) is 4.72 Å². The Balaban J connectivity index is 2.87.